The van der Waals surface area contributed by atoms with E-state index in [0.717, 1.165) is 69.0 Å². The standard InChI is InChI=1S/C34H42N4O4S/c1-5-34(2,3)24-11-16-28-22(18-24)17-23(20-35)32(36-28)43-21-31(40)37(25-9-7-6-8-10-25)29-19-30(39)38(33(29)41)26-12-14-27(42-4)15-13-26/h12-15,17,24-25,29H,5-11,16,18-19,21H2,1-4H3. The molecule has 228 valence electrons. The fourth-order valence-corrected chi connectivity index (χ4v) is 7.67. The molecule has 1 saturated carbocycles. The molecular weight excluding hydrogens is 560 g/mol. The molecule has 2 heterocycles. The fourth-order valence-electron chi connectivity index (χ4n) is 6.82. The van der Waals surface area contributed by atoms with Gasteiger partial charge < -0.3 is 9.64 Å². The molecule has 3 aliphatic rings. The third-order valence-electron chi connectivity index (χ3n) is 9.87. The van der Waals surface area contributed by atoms with E-state index in [1.165, 1.54) is 16.7 Å². The minimum absolute atomic E-state index is 0.0341. The van der Waals surface area contributed by atoms with Crippen LogP contribution in [0.1, 0.15) is 89.0 Å². The van der Waals surface area contributed by atoms with Crippen molar-refractivity contribution in [2.75, 3.05) is 17.8 Å². The first-order chi connectivity index (χ1) is 20.7. The number of fused-ring (bicyclic) bond motifs is 1. The first-order valence-corrected chi connectivity index (χ1v) is 16.5. The van der Waals surface area contributed by atoms with Crippen molar-refractivity contribution in [3.8, 4) is 11.8 Å². The number of nitriles is 1. The second kappa shape index (κ2) is 13.1. The Morgan fingerprint density at radius 1 is 1.14 bits per heavy atom. The Bertz CT molecular complexity index is 1410. The maximum atomic E-state index is 14.0. The zero-order chi connectivity index (χ0) is 30.7. The number of hydrogen-bond donors (Lipinski definition) is 0. The Balaban J connectivity index is 1.35. The summed E-state index contributed by atoms with van der Waals surface area (Å²) >= 11 is 1.27. The second-order valence-corrected chi connectivity index (χ2v) is 13.7. The van der Waals surface area contributed by atoms with Crippen LogP contribution in [-0.4, -0.2) is 52.6 Å². The molecule has 1 aliphatic heterocycles. The lowest BCUT2D eigenvalue weighted by Crippen LogP contribution is -2.52. The van der Waals surface area contributed by atoms with Gasteiger partial charge in [0.1, 0.15) is 22.9 Å². The molecular formula is C34H42N4O4S. The quantitative estimate of drug-likeness (QED) is 0.253. The third-order valence-corrected chi connectivity index (χ3v) is 10.8. The van der Waals surface area contributed by atoms with Crippen molar-refractivity contribution in [3.05, 3.63) is 47.2 Å². The van der Waals surface area contributed by atoms with Crippen LogP contribution in [0.2, 0.25) is 0 Å². The van der Waals surface area contributed by atoms with Gasteiger partial charge in [-0.3, -0.25) is 14.4 Å². The maximum Gasteiger partial charge on any atom is 0.257 e. The highest BCUT2D eigenvalue weighted by Crippen LogP contribution is 2.40. The molecule has 0 bridgehead atoms. The summed E-state index contributed by atoms with van der Waals surface area (Å²) in [5.74, 6) is 0.373. The first kappa shape index (κ1) is 31.1. The van der Waals surface area contributed by atoms with E-state index in [9.17, 15) is 19.6 Å². The Labute approximate surface area is 259 Å². The van der Waals surface area contributed by atoms with Gasteiger partial charge in [0.15, 0.2) is 0 Å². The number of methoxy groups -OCH3 is 1. The molecule has 5 rings (SSSR count). The van der Waals surface area contributed by atoms with Gasteiger partial charge in [0.05, 0.1) is 30.5 Å². The average Bonchev–Trinajstić information content (AvgIpc) is 3.32. The van der Waals surface area contributed by atoms with Gasteiger partial charge in [0.25, 0.3) is 5.91 Å². The molecule has 2 aromatic rings. The molecule has 2 atom stereocenters. The molecule has 9 heteroatoms. The van der Waals surface area contributed by atoms with Crippen LogP contribution in [-0.2, 0) is 27.2 Å². The number of imide groups is 1. The van der Waals surface area contributed by atoms with Crippen molar-refractivity contribution in [1.82, 2.24) is 9.88 Å². The molecule has 2 unspecified atom stereocenters. The molecule has 2 aliphatic carbocycles. The highest BCUT2D eigenvalue weighted by atomic mass is 32.2. The Morgan fingerprint density at radius 3 is 2.51 bits per heavy atom. The normalized spacial score (nSPS) is 21.0. The number of amides is 3. The lowest BCUT2D eigenvalue weighted by atomic mass is 9.69. The minimum atomic E-state index is -0.836. The summed E-state index contributed by atoms with van der Waals surface area (Å²) in [5.41, 5.74) is 3.36. The molecule has 1 aromatic carbocycles. The highest BCUT2D eigenvalue weighted by molar-refractivity contribution is 8.00. The monoisotopic (exact) mass is 602 g/mol. The van der Waals surface area contributed by atoms with Crippen molar-refractivity contribution >= 4 is 35.2 Å². The van der Waals surface area contributed by atoms with Crippen LogP contribution in [0.25, 0.3) is 0 Å². The van der Waals surface area contributed by atoms with Gasteiger partial charge in [-0.15, -0.1) is 0 Å². The molecule has 43 heavy (non-hydrogen) atoms. The van der Waals surface area contributed by atoms with Gasteiger partial charge >= 0.3 is 0 Å². The molecule has 2 fully saturated rings. The summed E-state index contributed by atoms with van der Waals surface area (Å²) in [6, 6.07) is 10.2. The molecule has 1 saturated heterocycles. The summed E-state index contributed by atoms with van der Waals surface area (Å²) in [5, 5.41) is 10.6. The smallest absolute Gasteiger partial charge is 0.257 e. The van der Waals surface area contributed by atoms with Gasteiger partial charge in [-0.1, -0.05) is 58.2 Å². The van der Waals surface area contributed by atoms with E-state index in [1.54, 1.807) is 36.3 Å². The third kappa shape index (κ3) is 6.45. The average molecular weight is 603 g/mol. The van der Waals surface area contributed by atoms with Gasteiger partial charge in [0.2, 0.25) is 11.8 Å². The first-order valence-electron chi connectivity index (χ1n) is 15.5. The second-order valence-electron chi connectivity index (χ2n) is 12.7. The van der Waals surface area contributed by atoms with E-state index in [4.69, 9.17) is 9.72 Å². The van der Waals surface area contributed by atoms with Gasteiger partial charge in [0, 0.05) is 11.7 Å². The predicted molar refractivity (Wildman–Crippen MR) is 167 cm³/mol. The molecule has 0 radical (unpaired) electrons. The van der Waals surface area contributed by atoms with E-state index < -0.39 is 6.04 Å². The lowest BCUT2D eigenvalue weighted by Gasteiger charge is -2.37. The number of pyridine rings is 1. The number of anilines is 1. The molecule has 1 aromatic heterocycles. The number of aryl methyl sites for hydroxylation is 1. The van der Waals surface area contributed by atoms with Crippen molar-refractivity contribution in [2.45, 2.75) is 102 Å². The summed E-state index contributed by atoms with van der Waals surface area (Å²) in [7, 11) is 1.56. The van der Waals surface area contributed by atoms with Crippen LogP contribution in [0, 0.1) is 22.7 Å². The topological polar surface area (TPSA) is 104 Å². The number of thioether (sulfide) groups is 1. The van der Waals surface area contributed by atoms with Gasteiger partial charge in [-0.25, -0.2) is 9.88 Å². The number of hydrogen-bond acceptors (Lipinski definition) is 7. The van der Waals surface area contributed by atoms with Gasteiger partial charge in [-0.2, -0.15) is 5.26 Å². The summed E-state index contributed by atoms with van der Waals surface area (Å²) < 4.78 is 5.22. The largest absolute Gasteiger partial charge is 0.497 e. The van der Waals surface area contributed by atoms with Crippen LogP contribution < -0.4 is 9.64 Å². The van der Waals surface area contributed by atoms with Crippen LogP contribution in [0.4, 0.5) is 5.69 Å². The Morgan fingerprint density at radius 2 is 1.86 bits per heavy atom. The summed E-state index contributed by atoms with van der Waals surface area (Å²) in [4.78, 5) is 48.6. The molecule has 0 N–H and O–H groups in total. The summed E-state index contributed by atoms with van der Waals surface area (Å²) in [6.07, 6.45) is 8.61. The van der Waals surface area contributed by atoms with E-state index >= 15 is 0 Å². The maximum absolute atomic E-state index is 14.0. The Kier molecular flexibility index (Phi) is 9.45. The van der Waals surface area contributed by atoms with Crippen LogP contribution in [0.3, 0.4) is 0 Å². The highest BCUT2D eigenvalue weighted by Gasteiger charge is 2.46. The van der Waals surface area contributed by atoms with E-state index in [1.807, 2.05) is 6.07 Å². The number of aromatic nitrogens is 1. The van der Waals surface area contributed by atoms with Crippen LogP contribution in [0.5, 0.6) is 5.75 Å². The van der Waals surface area contributed by atoms with Crippen LogP contribution >= 0.6 is 11.8 Å². The number of benzene rings is 1. The Hall–Kier alpha value is -3.38. The number of rotatable bonds is 9. The SMILES string of the molecule is CCC(C)(C)C1CCc2nc(SCC(=O)N(C3CCCCC3)C3CC(=O)N(c4ccc(OC)cc4)C3=O)c(C#N)cc2C1. The van der Waals surface area contributed by atoms with Crippen molar-refractivity contribution in [2.24, 2.45) is 11.3 Å². The summed E-state index contributed by atoms with van der Waals surface area (Å²) in [6.45, 7) is 6.86. The minimum Gasteiger partial charge on any atom is -0.497 e. The van der Waals surface area contributed by atoms with Crippen LogP contribution in [0.15, 0.2) is 35.4 Å². The number of carbonyl (C=O) groups is 3. The fraction of sp³-hybridized carbons (Fsp3) is 0.559. The zero-order valence-corrected chi connectivity index (χ0v) is 26.5. The van der Waals surface area contributed by atoms with E-state index in [2.05, 4.69) is 26.8 Å². The molecule has 3 amide bonds. The molecule has 0 spiro atoms. The number of carbonyl (C=O) groups excluding carboxylic acids is 3. The van der Waals surface area contributed by atoms with Crippen molar-refractivity contribution in [1.29, 1.82) is 5.26 Å². The number of nitrogens with zero attached hydrogens (tertiary/aromatic N) is 4. The predicted octanol–water partition coefficient (Wildman–Crippen LogP) is 6.09. The number of ether oxygens (including phenoxy) is 1. The van der Waals surface area contributed by atoms with Crippen molar-refractivity contribution < 1.29 is 19.1 Å². The van der Waals surface area contributed by atoms with Gasteiger partial charge in [-0.05, 0) is 79.3 Å². The van der Waals surface area contributed by atoms with E-state index in [-0.39, 0.29) is 41.4 Å². The zero-order valence-electron chi connectivity index (χ0n) is 25.7. The van der Waals surface area contributed by atoms with Crippen molar-refractivity contribution in [3.63, 3.8) is 0 Å². The van der Waals surface area contributed by atoms with E-state index in [0.29, 0.717) is 27.9 Å². The molecule has 8 nitrogen and oxygen atoms in total. The lowest BCUT2D eigenvalue weighted by molar-refractivity contribution is -0.139.